The first-order valence-electron chi connectivity index (χ1n) is 6.07. The van der Waals surface area contributed by atoms with Crippen molar-refractivity contribution in [1.29, 1.82) is 0 Å². The van der Waals surface area contributed by atoms with E-state index < -0.39 is 0 Å². The van der Waals surface area contributed by atoms with E-state index in [1.165, 1.54) is 11.4 Å². The SMILES string of the molecule is CCOC(=O)C1CN2CCN1C(C)=C2CC. The molecule has 0 N–H and O–H groups in total. The van der Waals surface area contributed by atoms with Gasteiger partial charge in [0.25, 0.3) is 0 Å². The molecule has 4 nitrogen and oxygen atoms in total. The van der Waals surface area contributed by atoms with E-state index in [1.54, 1.807) is 0 Å². The Labute approximate surface area is 96.8 Å². The highest BCUT2D eigenvalue weighted by atomic mass is 16.5. The third-order valence-corrected chi connectivity index (χ3v) is 3.50. The Morgan fingerprint density at radius 3 is 2.75 bits per heavy atom. The van der Waals surface area contributed by atoms with Crippen molar-refractivity contribution in [3.63, 3.8) is 0 Å². The lowest BCUT2D eigenvalue weighted by atomic mass is 10.0. The molecule has 0 radical (unpaired) electrons. The first-order chi connectivity index (χ1) is 7.69. The summed E-state index contributed by atoms with van der Waals surface area (Å²) in [6.45, 7) is 9.37. The van der Waals surface area contributed by atoms with Gasteiger partial charge in [-0.2, -0.15) is 0 Å². The van der Waals surface area contributed by atoms with Gasteiger partial charge in [-0.15, -0.1) is 0 Å². The van der Waals surface area contributed by atoms with Gasteiger partial charge in [0.1, 0.15) is 6.04 Å². The van der Waals surface area contributed by atoms with E-state index in [-0.39, 0.29) is 12.0 Å². The van der Waals surface area contributed by atoms with Crippen LogP contribution in [0.15, 0.2) is 11.4 Å². The lowest BCUT2D eigenvalue weighted by Gasteiger charge is -2.50. The van der Waals surface area contributed by atoms with Gasteiger partial charge in [-0.25, -0.2) is 4.79 Å². The first kappa shape index (κ1) is 11.3. The topological polar surface area (TPSA) is 32.8 Å². The van der Waals surface area contributed by atoms with E-state index in [4.69, 9.17) is 4.74 Å². The van der Waals surface area contributed by atoms with Crippen LogP contribution < -0.4 is 0 Å². The van der Waals surface area contributed by atoms with E-state index in [9.17, 15) is 4.79 Å². The lowest BCUT2D eigenvalue weighted by molar-refractivity contribution is -0.151. The molecule has 0 spiro atoms. The summed E-state index contributed by atoms with van der Waals surface area (Å²) in [6, 6.07) is -0.0935. The lowest BCUT2D eigenvalue weighted by Crippen LogP contribution is -2.60. The van der Waals surface area contributed by atoms with E-state index >= 15 is 0 Å². The smallest absolute Gasteiger partial charge is 0.330 e. The number of carbonyl (C=O) groups excluding carboxylic acids is 1. The minimum absolute atomic E-state index is 0.0818. The summed E-state index contributed by atoms with van der Waals surface area (Å²) in [5.41, 5.74) is 2.63. The molecule has 0 saturated carbocycles. The molecule has 1 saturated heterocycles. The number of hydrogen-bond donors (Lipinski definition) is 0. The number of esters is 1. The van der Waals surface area contributed by atoms with Crippen LogP contribution in [0.4, 0.5) is 0 Å². The monoisotopic (exact) mass is 224 g/mol. The van der Waals surface area contributed by atoms with Crippen LogP contribution in [-0.2, 0) is 9.53 Å². The molecule has 3 aliphatic heterocycles. The molecule has 0 aromatic rings. The van der Waals surface area contributed by atoms with E-state index in [0.717, 1.165) is 26.1 Å². The summed E-state index contributed by atoms with van der Waals surface area (Å²) >= 11 is 0. The molecule has 1 fully saturated rings. The second-order valence-electron chi connectivity index (χ2n) is 4.29. The van der Waals surface area contributed by atoms with Gasteiger partial charge in [0.2, 0.25) is 0 Å². The number of piperazine rings is 1. The summed E-state index contributed by atoms with van der Waals surface area (Å²) in [7, 11) is 0. The van der Waals surface area contributed by atoms with Gasteiger partial charge < -0.3 is 14.5 Å². The summed E-state index contributed by atoms with van der Waals surface area (Å²) in [6.07, 6.45) is 1.04. The van der Waals surface area contributed by atoms with Crippen molar-refractivity contribution in [3.05, 3.63) is 11.4 Å². The van der Waals surface area contributed by atoms with E-state index in [1.807, 2.05) is 6.92 Å². The van der Waals surface area contributed by atoms with Gasteiger partial charge in [0.05, 0.1) is 6.61 Å². The largest absolute Gasteiger partial charge is 0.464 e. The molecule has 1 unspecified atom stereocenters. The normalized spacial score (nSPS) is 24.1. The Morgan fingerprint density at radius 1 is 1.44 bits per heavy atom. The number of fused-ring (bicyclic) bond motifs is 2. The Balaban J connectivity index is 2.18. The van der Waals surface area contributed by atoms with Gasteiger partial charge in [0.15, 0.2) is 0 Å². The van der Waals surface area contributed by atoms with Crippen molar-refractivity contribution in [2.45, 2.75) is 33.2 Å². The van der Waals surface area contributed by atoms with Crippen molar-refractivity contribution >= 4 is 5.97 Å². The molecular weight excluding hydrogens is 204 g/mol. The number of ether oxygens (including phenoxy) is 1. The second kappa shape index (κ2) is 4.36. The molecule has 3 aliphatic rings. The zero-order valence-corrected chi connectivity index (χ0v) is 10.3. The number of carbonyl (C=O) groups is 1. The fourth-order valence-electron chi connectivity index (χ4n) is 2.74. The molecule has 90 valence electrons. The maximum absolute atomic E-state index is 11.8. The van der Waals surface area contributed by atoms with E-state index in [2.05, 4.69) is 23.6 Å². The highest BCUT2D eigenvalue weighted by Crippen LogP contribution is 2.30. The molecule has 2 bridgehead atoms. The van der Waals surface area contributed by atoms with Gasteiger partial charge in [-0.05, 0) is 20.3 Å². The fraction of sp³-hybridized carbons (Fsp3) is 0.750. The third-order valence-electron chi connectivity index (χ3n) is 3.50. The number of allylic oxidation sites excluding steroid dienone is 2. The molecule has 16 heavy (non-hydrogen) atoms. The van der Waals surface area contributed by atoms with Gasteiger partial charge in [0, 0.05) is 31.0 Å². The number of hydrogen-bond acceptors (Lipinski definition) is 4. The first-order valence-corrected chi connectivity index (χ1v) is 6.07. The van der Waals surface area contributed by atoms with Gasteiger partial charge in [-0.3, -0.25) is 0 Å². The molecule has 0 amide bonds. The third kappa shape index (κ3) is 1.66. The highest BCUT2D eigenvalue weighted by Gasteiger charge is 2.39. The summed E-state index contributed by atoms with van der Waals surface area (Å²) in [5, 5.41) is 0. The highest BCUT2D eigenvalue weighted by molar-refractivity contribution is 5.77. The summed E-state index contributed by atoms with van der Waals surface area (Å²) in [5.74, 6) is -0.0818. The minimum atomic E-state index is -0.0935. The molecule has 4 heteroatoms. The van der Waals surface area contributed by atoms with Crippen LogP contribution in [0.1, 0.15) is 27.2 Å². The zero-order chi connectivity index (χ0) is 11.7. The molecule has 1 atom stereocenters. The molecule has 3 heterocycles. The number of nitrogens with zero attached hydrogens (tertiary/aromatic N) is 2. The summed E-state index contributed by atoms with van der Waals surface area (Å²) in [4.78, 5) is 16.4. The molecular formula is C12H20N2O2. The van der Waals surface area contributed by atoms with Gasteiger partial charge >= 0.3 is 5.97 Å². The van der Waals surface area contributed by atoms with Crippen LogP contribution >= 0.6 is 0 Å². The van der Waals surface area contributed by atoms with E-state index in [0.29, 0.717) is 6.61 Å². The van der Waals surface area contributed by atoms with Crippen LogP contribution in [0.3, 0.4) is 0 Å². The summed E-state index contributed by atoms with van der Waals surface area (Å²) < 4.78 is 5.12. The van der Waals surface area contributed by atoms with Crippen LogP contribution in [0, 0.1) is 0 Å². The van der Waals surface area contributed by atoms with Crippen molar-refractivity contribution in [1.82, 2.24) is 9.80 Å². The quantitative estimate of drug-likeness (QED) is 0.674. The Kier molecular flexibility index (Phi) is 3.08. The fourth-order valence-corrected chi connectivity index (χ4v) is 2.74. The van der Waals surface area contributed by atoms with Crippen LogP contribution in [0.25, 0.3) is 0 Å². The predicted molar refractivity (Wildman–Crippen MR) is 61.7 cm³/mol. The number of rotatable bonds is 3. The average molecular weight is 224 g/mol. The second-order valence-corrected chi connectivity index (χ2v) is 4.29. The van der Waals surface area contributed by atoms with Crippen LogP contribution in [0.2, 0.25) is 0 Å². The molecule has 0 aromatic carbocycles. The minimum Gasteiger partial charge on any atom is -0.464 e. The molecule has 3 rings (SSSR count). The van der Waals surface area contributed by atoms with Gasteiger partial charge in [-0.1, -0.05) is 6.92 Å². The van der Waals surface area contributed by atoms with Crippen molar-refractivity contribution in [2.24, 2.45) is 0 Å². The van der Waals surface area contributed by atoms with Crippen molar-refractivity contribution < 1.29 is 9.53 Å². The Morgan fingerprint density at radius 2 is 2.19 bits per heavy atom. The van der Waals surface area contributed by atoms with Crippen LogP contribution in [0.5, 0.6) is 0 Å². The Hall–Kier alpha value is -1.19. The predicted octanol–water partition coefficient (Wildman–Crippen LogP) is 1.19. The standard InChI is InChI=1S/C12H20N2O2/c1-4-10-9(3)14-7-6-13(10)8-11(14)12(15)16-5-2/h11H,4-8H2,1-3H3. The molecule has 0 aliphatic carbocycles. The Bertz CT molecular complexity index is 325. The zero-order valence-electron chi connectivity index (χ0n) is 10.3. The average Bonchev–Trinajstić information content (AvgIpc) is 2.30. The van der Waals surface area contributed by atoms with Crippen molar-refractivity contribution in [2.75, 3.05) is 26.2 Å². The molecule has 0 aromatic heterocycles. The maximum Gasteiger partial charge on any atom is 0.330 e. The van der Waals surface area contributed by atoms with Crippen molar-refractivity contribution in [3.8, 4) is 0 Å². The van der Waals surface area contributed by atoms with Crippen LogP contribution in [-0.4, -0.2) is 48.1 Å². The maximum atomic E-state index is 11.8.